The van der Waals surface area contributed by atoms with Crippen LogP contribution >= 0.6 is 0 Å². The maximum atomic E-state index is 12.1. The molecule has 1 aromatic carbocycles. The molecule has 2 N–H and O–H groups in total. The van der Waals surface area contributed by atoms with Crippen LogP contribution in [0.15, 0.2) is 18.2 Å². The normalized spacial score (nSPS) is 14.8. The number of benzene rings is 1. The molecule has 20 heavy (non-hydrogen) atoms. The lowest BCUT2D eigenvalue weighted by Crippen LogP contribution is -2.48. The molecule has 0 aromatic heterocycles. The lowest BCUT2D eigenvalue weighted by Gasteiger charge is -2.27. The highest BCUT2D eigenvalue weighted by Crippen LogP contribution is 2.28. The number of carbonyl (C=O) groups excluding carboxylic acids is 1. The molecule has 1 aliphatic heterocycles. The third-order valence-corrected chi connectivity index (χ3v) is 3.21. The van der Waals surface area contributed by atoms with E-state index < -0.39 is 0 Å². The molecule has 1 saturated heterocycles. The van der Waals surface area contributed by atoms with Crippen molar-refractivity contribution in [3.8, 4) is 11.5 Å². The fourth-order valence-electron chi connectivity index (χ4n) is 1.99. The van der Waals surface area contributed by atoms with Crippen LogP contribution < -0.4 is 20.1 Å². The topological polar surface area (TPSA) is 59.6 Å². The zero-order chi connectivity index (χ0) is 14.5. The molecule has 0 bridgehead atoms. The number of amides is 1. The largest absolute Gasteiger partial charge is 0.493 e. The predicted molar refractivity (Wildman–Crippen MR) is 77.5 cm³/mol. The van der Waals surface area contributed by atoms with Gasteiger partial charge in [0.05, 0.1) is 13.2 Å². The first-order valence-electron chi connectivity index (χ1n) is 6.93. The molecule has 1 amide bonds. The van der Waals surface area contributed by atoms with Crippen molar-refractivity contribution in [1.29, 1.82) is 0 Å². The number of carbonyl (C=O) groups is 1. The summed E-state index contributed by atoms with van der Waals surface area (Å²) in [4.78, 5) is 12.1. The van der Waals surface area contributed by atoms with Crippen LogP contribution in [0.2, 0.25) is 0 Å². The van der Waals surface area contributed by atoms with Crippen LogP contribution in [0.3, 0.4) is 0 Å². The Morgan fingerprint density at radius 2 is 2.15 bits per heavy atom. The smallest absolute Gasteiger partial charge is 0.251 e. The third kappa shape index (κ3) is 3.63. The van der Waals surface area contributed by atoms with Crippen molar-refractivity contribution in [2.45, 2.75) is 20.0 Å². The summed E-state index contributed by atoms with van der Waals surface area (Å²) in [5.74, 6) is 1.70. The maximum Gasteiger partial charge on any atom is 0.251 e. The standard InChI is InChI=1S/C15H22N2O3/c1-10(2)20-13-5-4-12(6-14(13)19-3)15(18)17-9-11-7-16-8-11/h4-6,10-11,16H,7-9H2,1-3H3,(H,17,18). The van der Waals surface area contributed by atoms with Crippen molar-refractivity contribution >= 4 is 5.91 Å². The van der Waals surface area contributed by atoms with Gasteiger partial charge in [-0.25, -0.2) is 0 Å². The molecule has 110 valence electrons. The van der Waals surface area contributed by atoms with E-state index in [1.807, 2.05) is 13.8 Å². The van der Waals surface area contributed by atoms with Crippen LogP contribution in [0, 0.1) is 5.92 Å². The Morgan fingerprint density at radius 1 is 1.40 bits per heavy atom. The molecule has 2 rings (SSSR count). The van der Waals surface area contributed by atoms with Crippen molar-refractivity contribution in [2.75, 3.05) is 26.7 Å². The second kappa shape index (κ2) is 6.61. The van der Waals surface area contributed by atoms with Crippen molar-refractivity contribution in [1.82, 2.24) is 10.6 Å². The fourth-order valence-corrected chi connectivity index (χ4v) is 1.99. The van der Waals surface area contributed by atoms with Gasteiger partial charge in [0.25, 0.3) is 5.91 Å². The quantitative estimate of drug-likeness (QED) is 0.826. The van der Waals surface area contributed by atoms with Gasteiger partial charge in [-0.15, -0.1) is 0 Å². The number of hydrogen-bond acceptors (Lipinski definition) is 4. The molecule has 1 fully saturated rings. The summed E-state index contributed by atoms with van der Waals surface area (Å²) in [5.41, 5.74) is 0.588. The predicted octanol–water partition coefficient (Wildman–Crippen LogP) is 1.43. The van der Waals surface area contributed by atoms with Crippen molar-refractivity contribution in [3.05, 3.63) is 23.8 Å². The summed E-state index contributed by atoms with van der Waals surface area (Å²) < 4.78 is 10.9. The molecule has 0 atom stereocenters. The first kappa shape index (κ1) is 14.7. The Hall–Kier alpha value is -1.75. The van der Waals surface area contributed by atoms with Gasteiger partial charge in [0.1, 0.15) is 0 Å². The van der Waals surface area contributed by atoms with Crippen LogP contribution in [-0.2, 0) is 0 Å². The third-order valence-electron chi connectivity index (χ3n) is 3.21. The van der Waals surface area contributed by atoms with Gasteiger partial charge in [-0.05, 0) is 32.0 Å². The zero-order valence-electron chi connectivity index (χ0n) is 12.2. The molecule has 1 aromatic rings. The SMILES string of the molecule is COc1cc(C(=O)NCC2CNC2)ccc1OC(C)C. The molecule has 0 spiro atoms. The van der Waals surface area contributed by atoms with Gasteiger partial charge >= 0.3 is 0 Å². The molecule has 1 aliphatic rings. The van der Waals surface area contributed by atoms with Gasteiger partial charge in [-0.2, -0.15) is 0 Å². The molecule has 0 unspecified atom stereocenters. The fraction of sp³-hybridized carbons (Fsp3) is 0.533. The van der Waals surface area contributed by atoms with Gasteiger partial charge in [0.15, 0.2) is 11.5 Å². The second-order valence-corrected chi connectivity index (χ2v) is 5.27. The molecule has 1 heterocycles. The number of ether oxygens (including phenoxy) is 2. The van der Waals surface area contributed by atoms with Gasteiger partial charge in [-0.3, -0.25) is 4.79 Å². The zero-order valence-corrected chi connectivity index (χ0v) is 12.2. The minimum atomic E-state index is -0.0775. The van der Waals surface area contributed by atoms with E-state index in [-0.39, 0.29) is 12.0 Å². The van der Waals surface area contributed by atoms with Crippen LogP contribution in [0.4, 0.5) is 0 Å². The highest BCUT2D eigenvalue weighted by molar-refractivity contribution is 5.94. The second-order valence-electron chi connectivity index (χ2n) is 5.27. The van der Waals surface area contributed by atoms with Crippen molar-refractivity contribution in [3.63, 3.8) is 0 Å². The van der Waals surface area contributed by atoms with Gasteiger partial charge in [0, 0.05) is 31.1 Å². The Kier molecular flexibility index (Phi) is 4.84. The summed E-state index contributed by atoms with van der Waals surface area (Å²) >= 11 is 0. The minimum Gasteiger partial charge on any atom is -0.493 e. The number of hydrogen-bond donors (Lipinski definition) is 2. The summed E-state index contributed by atoms with van der Waals surface area (Å²) in [6, 6.07) is 5.25. The summed E-state index contributed by atoms with van der Waals surface area (Å²) in [6.45, 7) is 6.56. The molecule has 0 saturated carbocycles. The first-order valence-corrected chi connectivity index (χ1v) is 6.93. The molecule has 5 heteroatoms. The Balaban J connectivity index is 2.01. The lowest BCUT2D eigenvalue weighted by molar-refractivity contribution is 0.0942. The average Bonchev–Trinajstić information content (AvgIpc) is 2.36. The molecule has 0 radical (unpaired) electrons. The Labute approximate surface area is 119 Å². The Bertz CT molecular complexity index is 470. The lowest BCUT2D eigenvalue weighted by atomic mass is 10.0. The summed E-state index contributed by atoms with van der Waals surface area (Å²) in [7, 11) is 1.57. The Morgan fingerprint density at radius 3 is 2.70 bits per heavy atom. The first-order chi connectivity index (χ1) is 9.60. The van der Waals surface area contributed by atoms with Gasteiger partial charge in [-0.1, -0.05) is 0 Å². The van der Waals surface area contributed by atoms with Crippen molar-refractivity contribution in [2.24, 2.45) is 5.92 Å². The number of nitrogens with one attached hydrogen (secondary N) is 2. The average molecular weight is 278 g/mol. The molecular weight excluding hydrogens is 256 g/mol. The highest BCUT2D eigenvalue weighted by atomic mass is 16.5. The van der Waals surface area contributed by atoms with Crippen LogP contribution in [-0.4, -0.2) is 38.8 Å². The van der Waals surface area contributed by atoms with E-state index in [0.717, 1.165) is 13.1 Å². The van der Waals surface area contributed by atoms with Crippen molar-refractivity contribution < 1.29 is 14.3 Å². The van der Waals surface area contributed by atoms with E-state index >= 15 is 0 Å². The van der Waals surface area contributed by atoms with Crippen LogP contribution in [0.1, 0.15) is 24.2 Å². The maximum absolute atomic E-state index is 12.1. The van der Waals surface area contributed by atoms with E-state index in [4.69, 9.17) is 9.47 Å². The monoisotopic (exact) mass is 278 g/mol. The number of rotatable bonds is 6. The van der Waals surface area contributed by atoms with Gasteiger partial charge < -0.3 is 20.1 Å². The van der Waals surface area contributed by atoms with E-state index in [2.05, 4.69) is 10.6 Å². The molecule has 5 nitrogen and oxygen atoms in total. The highest BCUT2D eigenvalue weighted by Gasteiger charge is 2.18. The van der Waals surface area contributed by atoms with E-state index in [1.165, 1.54) is 0 Å². The molecular formula is C15H22N2O3. The van der Waals surface area contributed by atoms with Gasteiger partial charge in [0.2, 0.25) is 0 Å². The number of methoxy groups -OCH3 is 1. The summed E-state index contributed by atoms with van der Waals surface area (Å²) in [5, 5.41) is 6.12. The summed E-state index contributed by atoms with van der Waals surface area (Å²) in [6.07, 6.45) is 0.0645. The molecule has 0 aliphatic carbocycles. The minimum absolute atomic E-state index is 0.0645. The van der Waals surface area contributed by atoms with E-state index in [0.29, 0.717) is 29.5 Å². The van der Waals surface area contributed by atoms with Crippen LogP contribution in [0.25, 0.3) is 0 Å². The van der Waals surface area contributed by atoms with E-state index in [9.17, 15) is 4.79 Å². The van der Waals surface area contributed by atoms with E-state index in [1.54, 1.807) is 25.3 Å². The van der Waals surface area contributed by atoms with Crippen LogP contribution in [0.5, 0.6) is 11.5 Å².